The predicted octanol–water partition coefficient (Wildman–Crippen LogP) is 3.01. The first kappa shape index (κ1) is 15.7. The molecular formula is C13H18ClFN2O2. The molecule has 0 saturated heterocycles. The monoisotopic (exact) mass is 288 g/mol. The fourth-order valence-electron chi connectivity index (χ4n) is 1.47. The van der Waals surface area contributed by atoms with Gasteiger partial charge in [0.1, 0.15) is 5.82 Å². The number of aliphatic hydroxyl groups is 1. The maximum Gasteiger partial charge on any atom is 0.319 e. The minimum Gasteiger partial charge on any atom is -0.396 e. The quantitative estimate of drug-likeness (QED) is 0.780. The molecule has 1 rings (SSSR count). The first-order valence-electron chi connectivity index (χ1n) is 5.95. The lowest BCUT2D eigenvalue weighted by Crippen LogP contribution is -2.37. The Balaban J connectivity index is 2.52. The van der Waals surface area contributed by atoms with Crippen LogP contribution in [-0.2, 0) is 0 Å². The molecule has 0 aliphatic rings. The molecule has 19 heavy (non-hydrogen) atoms. The minimum atomic E-state index is -0.458. The van der Waals surface area contributed by atoms with Crippen LogP contribution in [0.4, 0.5) is 14.9 Å². The second-order valence-electron chi connectivity index (χ2n) is 5.07. The number of benzene rings is 1. The van der Waals surface area contributed by atoms with Gasteiger partial charge in [0.25, 0.3) is 0 Å². The standard InChI is InChI=1S/C13H18ClFN2O2/c1-13(2,5-6-18)8-16-12(19)17-11-4-3-9(15)7-10(11)14/h3-4,7,18H,5-6,8H2,1-2H3,(H2,16,17,19). The van der Waals surface area contributed by atoms with Gasteiger partial charge in [0.05, 0.1) is 10.7 Å². The highest BCUT2D eigenvalue weighted by Crippen LogP contribution is 2.22. The van der Waals surface area contributed by atoms with E-state index < -0.39 is 11.8 Å². The fourth-order valence-corrected chi connectivity index (χ4v) is 1.68. The van der Waals surface area contributed by atoms with Gasteiger partial charge in [0.15, 0.2) is 0 Å². The summed E-state index contributed by atoms with van der Waals surface area (Å²) >= 11 is 5.80. The van der Waals surface area contributed by atoms with Gasteiger partial charge in [-0.3, -0.25) is 0 Å². The maximum atomic E-state index is 12.8. The van der Waals surface area contributed by atoms with Crippen molar-refractivity contribution in [3.8, 4) is 0 Å². The van der Waals surface area contributed by atoms with Crippen LogP contribution < -0.4 is 10.6 Å². The number of nitrogens with one attached hydrogen (secondary N) is 2. The van der Waals surface area contributed by atoms with Crippen molar-refractivity contribution in [3.63, 3.8) is 0 Å². The van der Waals surface area contributed by atoms with E-state index in [1.54, 1.807) is 0 Å². The zero-order valence-electron chi connectivity index (χ0n) is 11.0. The Morgan fingerprint density at radius 3 is 2.74 bits per heavy atom. The number of carbonyl (C=O) groups excluding carboxylic acids is 1. The van der Waals surface area contributed by atoms with E-state index >= 15 is 0 Å². The molecule has 0 bridgehead atoms. The molecule has 0 heterocycles. The molecule has 1 aromatic rings. The Labute approximate surface area is 117 Å². The zero-order chi connectivity index (χ0) is 14.5. The molecule has 0 aliphatic heterocycles. The molecular weight excluding hydrogens is 271 g/mol. The van der Waals surface area contributed by atoms with Crippen molar-refractivity contribution in [3.05, 3.63) is 29.0 Å². The summed E-state index contributed by atoms with van der Waals surface area (Å²) in [6.45, 7) is 4.36. The zero-order valence-corrected chi connectivity index (χ0v) is 11.7. The summed E-state index contributed by atoms with van der Waals surface area (Å²) in [6, 6.07) is 3.33. The van der Waals surface area contributed by atoms with Gasteiger partial charge in [-0.2, -0.15) is 0 Å². The van der Waals surface area contributed by atoms with E-state index in [1.165, 1.54) is 12.1 Å². The molecule has 0 spiro atoms. The molecule has 0 atom stereocenters. The summed E-state index contributed by atoms with van der Waals surface area (Å²) in [6.07, 6.45) is 0.588. The second kappa shape index (κ2) is 6.73. The van der Waals surface area contributed by atoms with E-state index in [0.29, 0.717) is 18.7 Å². The van der Waals surface area contributed by atoms with Gasteiger partial charge >= 0.3 is 6.03 Å². The van der Waals surface area contributed by atoms with Gasteiger partial charge in [0, 0.05) is 13.2 Å². The second-order valence-corrected chi connectivity index (χ2v) is 5.48. The molecule has 0 saturated carbocycles. The number of hydrogen-bond donors (Lipinski definition) is 3. The molecule has 0 aliphatic carbocycles. The summed E-state index contributed by atoms with van der Waals surface area (Å²) < 4.78 is 12.8. The van der Waals surface area contributed by atoms with Crippen LogP contribution in [-0.4, -0.2) is 24.3 Å². The largest absolute Gasteiger partial charge is 0.396 e. The van der Waals surface area contributed by atoms with Crippen LogP contribution in [0.5, 0.6) is 0 Å². The van der Waals surface area contributed by atoms with E-state index in [0.717, 1.165) is 6.07 Å². The molecule has 106 valence electrons. The summed E-state index contributed by atoms with van der Waals surface area (Å²) in [4.78, 5) is 11.7. The number of aliphatic hydroxyl groups excluding tert-OH is 1. The van der Waals surface area contributed by atoms with Crippen molar-refractivity contribution in [1.29, 1.82) is 0 Å². The van der Waals surface area contributed by atoms with Crippen LogP contribution >= 0.6 is 11.6 Å². The number of urea groups is 1. The molecule has 2 amide bonds. The van der Waals surface area contributed by atoms with Gasteiger partial charge in [-0.1, -0.05) is 25.4 Å². The highest BCUT2D eigenvalue weighted by Gasteiger charge is 2.18. The molecule has 0 aromatic heterocycles. The third-order valence-electron chi connectivity index (χ3n) is 2.70. The Hall–Kier alpha value is -1.33. The van der Waals surface area contributed by atoms with Crippen LogP contribution in [0.25, 0.3) is 0 Å². The number of hydrogen-bond acceptors (Lipinski definition) is 2. The van der Waals surface area contributed by atoms with E-state index in [1.807, 2.05) is 13.8 Å². The van der Waals surface area contributed by atoms with Gasteiger partial charge in [0.2, 0.25) is 0 Å². The number of carbonyl (C=O) groups is 1. The van der Waals surface area contributed by atoms with Crippen molar-refractivity contribution in [2.75, 3.05) is 18.5 Å². The van der Waals surface area contributed by atoms with E-state index in [2.05, 4.69) is 10.6 Å². The van der Waals surface area contributed by atoms with Crippen LogP contribution in [0.15, 0.2) is 18.2 Å². The van der Waals surface area contributed by atoms with Crippen LogP contribution in [0, 0.1) is 11.2 Å². The first-order chi connectivity index (χ1) is 8.84. The molecule has 0 unspecified atom stereocenters. The van der Waals surface area contributed by atoms with Crippen molar-refractivity contribution in [2.24, 2.45) is 5.41 Å². The average molecular weight is 289 g/mol. The van der Waals surface area contributed by atoms with Gasteiger partial charge in [-0.15, -0.1) is 0 Å². The molecule has 6 heteroatoms. The smallest absolute Gasteiger partial charge is 0.319 e. The van der Waals surface area contributed by atoms with Gasteiger partial charge < -0.3 is 15.7 Å². The van der Waals surface area contributed by atoms with E-state index in [4.69, 9.17) is 16.7 Å². The predicted molar refractivity (Wildman–Crippen MR) is 73.9 cm³/mol. The topological polar surface area (TPSA) is 61.4 Å². The Bertz CT molecular complexity index is 452. The number of halogens is 2. The van der Waals surface area contributed by atoms with E-state index in [9.17, 15) is 9.18 Å². The minimum absolute atomic E-state index is 0.0695. The highest BCUT2D eigenvalue weighted by atomic mass is 35.5. The molecule has 4 nitrogen and oxygen atoms in total. The first-order valence-corrected chi connectivity index (χ1v) is 6.32. The lowest BCUT2D eigenvalue weighted by molar-refractivity contribution is 0.204. The average Bonchev–Trinajstić information content (AvgIpc) is 2.30. The summed E-state index contributed by atoms with van der Waals surface area (Å²) in [5.74, 6) is -0.458. The highest BCUT2D eigenvalue weighted by molar-refractivity contribution is 6.33. The van der Waals surface area contributed by atoms with Crippen molar-refractivity contribution in [1.82, 2.24) is 5.32 Å². The molecule has 0 radical (unpaired) electrons. The van der Waals surface area contributed by atoms with Crippen LogP contribution in [0.2, 0.25) is 5.02 Å². The van der Waals surface area contributed by atoms with E-state index in [-0.39, 0.29) is 17.0 Å². The van der Waals surface area contributed by atoms with Crippen LogP contribution in [0.1, 0.15) is 20.3 Å². The summed E-state index contributed by atoms with van der Waals surface area (Å²) in [5, 5.41) is 14.3. The summed E-state index contributed by atoms with van der Waals surface area (Å²) in [7, 11) is 0. The number of amides is 2. The van der Waals surface area contributed by atoms with Crippen molar-refractivity contribution >= 4 is 23.3 Å². The Morgan fingerprint density at radius 2 is 2.16 bits per heavy atom. The van der Waals surface area contributed by atoms with Crippen molar-refractivity contribution < 1.29 is 14.3 Å². The van der Waals surface area contributed by atoms with Gasteiger partial charge in [-0.25, -0.2) is 9.18 Å². The number of rotatable bonds is 5. The molecule has 3 N–H and O–H groups in total. The Kier molecular flexibility index (Phi) is 5.57. The Morgan fingerprint density at radius 1 is 1.47 bits per heavy atom. The van der Waals surface area contributed by atoms with Crippen LogP contribution in [0.3, 0.4) is 0 Å². The SMILES string of the molecule is CC(C)(CCO)CNC(=O)Nc1ccc(F)cc1Cl. The maximum absolute atomic E-state index is 12.8. The molecule has 1 aromatic carbocycles. The van der Waals surface area contributed by atoms with Gasteiger partial charge in [-0.05, 0) is 30.0 Å². The third-order valence-corrected chi connectivity index (χ3v) is 3.01. The lowest BCUT2D eigenvalue weighted by Gasteiger charge is -2.23. The summed E-state index contributed by atoms with van der Waals surface area (Å²) in [5.41, 5.74) is 0.152. The normalized spacial score (nSPS) is 11.2. The fraction of sp³-hybridized carbons (Fsp3) is 0.462. The number of anilines is 1. The third kappa shape index (κ3) is 5.44. The van der Waals surface area contributed by atoms with Crippen molar-refractivity contribution in [2.45, 2.75) is 20.3 Å². The molecule has 0 fully saturated rings. The lowest BCUT2D eigenvalue weighted by atomic mass is 9.90.